The van der Waals surface area contributed by atoms with Gasteiger partial charge in [0.2, 0.25) is 0 Å². The Morgan fingerprint density at radius 1 is 1.50 bits per heavy atom. The molecule has 4 heteroatoms. The van der Waals surface area contributed by atoms with E-state index >= 15 is 0 Å². The van der Waals surface area contributed by atoms with Crippen molar-refractivity contribution in [1.82, 2.24) is 0 Å². The molecule has 1 aromatic rings. The molecule has 0 bridgehead atoms. The van der Waals surface area contributed by atoms with E-state index in [1.54, 1.807) is 12.1 Å². The average molecular weight is 164 g/mol. The molecular formula is C8H9BO3. The number of benzene rings is 1. The summed E-state index contributed by atoms with van der Waals surface area (Å²) in [4.78, 5) is 0. The molecule has 0 amide bonds. The van der Waals surface area contributed by atoms with Gasteiger partial charge >= 0.3 is 7.12 Å². The van der Waals surface area contributed by atoms with Crippen LogP contribution in [0.15, 0.2) is 18.2 Å². The van der Waals surface area contributed by atoms with Gasteiger partial charge in [0.15, 0.2) is 0 Å². The van der Waals surface area contributed by atoms with E-state index in [1.807, 2.05) is 6.92 Å². The highest BCUT2D eigenvalue weighted by Crippen LogP contribution is 2.24. The quantitative estimate of drug-likeness (QED) is 0.537. The minimum Gasteiger partial charge on any atom is -0.508 e. The van der Waals surface area contributed by atoms with Gasteiger partial charge in [-0.05, 0) is 30.1 Å². The predicted molar refractivity (Wildman–Crippen MR) is 45.2 cm³/mol. The predicted octanol–water partition coefficient (Wildman–Crippen LogP) is 0.171. The van der Waals surface area contributed by atoms with Crippen LogP contribution in [-0.2, 0) is 4.65 Å². The zero-order valence-electron chi connectivity index (χ0n) is 6.69. The number of phenols is 1. The lowest BCUT2D eigenvalue weighted by Gasteiger charge is -2.02. The van der Waals surface area contributed by atoms with E-state index < -0.39 is 7.12 Å². The van der Waals surface area contributed by atoms with Crippen LogP contribution in [0.4, 0.5) is 0 Å². The van der Waals surface area contributed by atoms with E-state index in [0.717, 1.165) is 5.56 Å². The topological polar surface area (TPSA) is 49.7 Å². The third kappa shape index (κ3) is 1.00. The van der Waals surface area contributed by atoms with Crippen molar-refractivity contribution in [2.45, 2.75) is 13.0 Å². The third-order valence-corrected chi connectivity index (χ3v) is 2.11. The largest absolute Gasteiger partial charge is 0.508 e. The molecule has 1 aliphatic rings. The Morgan fingerprint density at radius 2 is 2.25 bits per heavy atom. The van der Waals surface area contributed by atoms with Crippen molar-refractivity contribution < 1.29 is 14.8 Å². The van der Waals surface area contributed by atoms with Gasteiger partial charge < -0.3 is 14.8 Å². The molecule has 1 unspecified atom stereocenters. The Bertz CT molecular complexity index is 313. The fourth-order valence-electron chi connectivity index (χ4n) is 1.49. The van der Waals surface area contributed by atoms with E-state index in [1.165, 1.54) is 6.07 Å². The normalized spacial score (nSPS) is 21.2. The van der Waals surface area contributed by atoms with Gasteiger partial charge in [0.05, 0.1) is 6.10 Å². The van der Waals surface area contributed by atoms with Gasteiger partial charge in [-0.25, -0.2) is 0 Å². The molecule has 1 atom stereocenters. The van der Waals surface area contributed by atoms with Crippen LogP contribution in [0, 0.1) is 0 Å². The Kier molecular flexibility index (Phi) is 1.59. The first-order chi connectivity index (χ1) is 5.68. The first kappa shape index (κ1) is 7.64. The maximum atomic E-state index is 9.34. The van der Waals surface area contributed by atoms with E-state index in [9.17, 15) is 5.02 Å². The molecule has 1 aliphatic heterocycles. The number of rotatable bonds is 0. The van der Waals surface area contributed by atoms with Crippen molar-refractivity contribution >= 4 is 12.6 Å². The smallest absolute Gasteiger partial charge is 0.492 e. The molecular weight excluding hydrogens is 155 g/mol. The average Bonchev–Trinajstić information content (AvgIpc) is 2.28. The lowest BCUT2D eigenvalue weighted by molar-refractivity contribution is 0.209. The van der Waals surface area contributed by atoms with Crippen molar-refractivity contribution in [2.24, 2.45) is 0 Å². The SMILES string of the molecule is CC1OB(O)c2cc(O)ccc21. The summed E-state index contributed by atoms with van der Waals surface area (Å²) in [7, 11) is -0.887. The molecule has 3 nitrogen and oxygen atoms in total. The van der Waals surface area contributed by atoms with Crippen molar-refractivity contribution in [3.63, 3.8) is 0 Å². The number of fused-ring (bicyclic) bond motifs is 1. The fraction of sp³-hybridized carbons (Fsp3) is 0.250. The number of phenolic OH excluding ortho intramolecular Hbond substituents is 1. The number of hydrogen-bond acceptors (Lipinski definition) is 3. The molecule has 0 saturated carbocycles. The van der Waals surface area contributed by atoms with Gasteiger partial charge in [0, 0.05) is 0 Å². The van der Waals surface area contributed by atoms with Gasteiger partial charge in [0.1, 0.15) is 5.75 Å². The summed E-state index contributed by atoms with van der Waals surface area (Å²) in [6.45, 7) is 1.87. The van der Waals surface area contributed by atoms with Crippen LogP contribution in [-0.4, -0.2) is 17.2 Å². The summed E-state index contributed by atoms with van der Waals surface area (Å²) in [5, 5.41) is 18.5. The summed E-state index contributed by atoms with van der Waals surface area (Å²) in [6, 6.07) is 4.89. The maximum Gasteiger partial charge on any atom is 0.492 e. The first-order valence-corrected chi connectivity index (χ1v) is 3.85. The van der Waals surface area contributed by atoms with Gasteiger partial charge in [-0.1, -0.05) is 6.07 Å². The maximum absolute atomic E-state index is 9.34. The van der Waals surface area contributed by atoms with Gasteiger partial charge in [-0.15, -0.1) is 0 Å². The molecule has 1 aromatic carbocycles. The summed E-state index contributed by atoms with van der Waals surface area (Å²) < 4.78 is 5.13. The zero-order chi connectivity index (χ0) is 8.72. The van der Waals surface area contributed by atoms with Crippen molar-refractivity contribution in [2.75, 3.05) is 0 Å². The fourth-order valence-corrected chi connectivity index (χ4v) is 1.49. The second-order valence-electron chi connectivity index (χ2n) is 2.94. The number of hydrogen-bond donors (Lipinski definition) is 2. The second kappa shape index (κ2) is 2.50. The van der Waals surface area contributed by atoms with Gasteiger partial charge in [-0.3, -0.25) is 0 Å². The summed E-state index contributed by atoms with van der Waals surface area (Å²) in [6.07, 6.45) is -0.0874. The second-order valence-corrected chi connectivity index (χ2v) is 2.94. The highest BCUT2D eigenvalue weighted by molar-refractivity contribution is 6.61. The van der Waals surface area contributed by atoms with Crippen molar-refractivity contribution in [1.29, 1.82) is 0 Å². The highest BCUT2D eigenvalue weighted by atomic mass is 16.5. The van der Waals surface area contributed by atoms with Crippen LogP contribution in [0.2, 0.25) is 0 Å². The molecule has 2 rings (SSSR count). The Balaban J connectivity index is 2.53. The van der Waals surface area contributed by atoms with Crippen molar-refractivity contribution in [3.8, 4) is 5.75 Å². The highest BCUT2D eigenvalue weighted by Gasteiger charge is 2.32. The van der Waals surface area contributed by atoms with Crippen LogP contribution >= 0.6 is 0 Å². The zero-order valence-corrected chi connectivity index (χ0v) is 6.69. The van der Waals surface area contributed by atoms with Gasteiger partial charge in [0.25, 0.3) is 0 Å². The standard InChI is InChI=1S/C8H9BO3/c1-5-7-3-2-6(10)4-8(7)9(11)12-5/h2-5,10-11H,1H3. The van der Waals surface area contributed by atoms with E-state index in [0.29, 0.717) is 5.46 Å². The lowest BCUT2D eigenvalue weighted by Crippen LogP contribution is -2.27. The molecule has 1 heterocycles. The molecule has 12 heavy (non-hydrogen) atoms. The molecule has 62 valence electrons. The van der Waals surface area contributed by atoms with Gasteiger partial charge in [-0.2, -0.15) is 0 Å². The molecule has 0 saturated heterocycles. The molecule has 0 aliphatic carbocycles. The molecule has 2 N–H and O–H groups in total. The number of aromatic hydroxyl groups is 1. The molecule has 0 fully saturated rings. The van der Waals surface area contributed by atoms with Crippen LogP contribution < -0.4 is 5.46 Å². The van der Waals surface area contributed by atoms with Crippen LogP contribution in [0.3, 0.4) is 0 Å². The van der Waals surface area contributed by atoms with Crippen LogP contribution in [0.5, 0.6) is 5.75 Å². The molecule has 0 spiro atoms. The van der Waals surface area contributed by atoms with Crippen LogP contribution in [0.25, 0.3) is 0 Å². The summed E-state index contributed by atoms with van der Waals surface area (Å²) in [5.74, 6) is 0.158. The van der Waals surface area contributed by atoms with E-state index in [4.69, 9.17) is 9.76 Å². The minimum atomic E-state index is -0.887. The Hall–Kier alpha value is -0.995. The van der Waals surface area contributed by atoms with E-state index in [-0.39, 0.29) is 11.9 Å². The summed E-state index contributed by atoms with van der Waals surface area (Å²) in [5.41, 5.74) is 1.61. The Morgan fingerprint density at radius 3 is 3.00 bits per heavy atom. The third-order valence-electron chi connectivity index (χ3n) is 2.11. The molecule has 0 radical (unpaired) electrons. The monoisotopic (exact) mass is 164 g/mol. The van der Waals surface area contributed by atoms with Crippen molar-refractivity contribution in [3.05, 3.63) is 23.8 Å². The summed E-state index contributed by atoms with van der Waals surface area (Å²) >= 11 is 0. The first-order valence-electron chi connectivity index (χ1n) is 3.85. The molecule has 0 aromatic heterocycles. The van der Waals surface area contributed by atoms with E-state index in [2.05, 4.69) is 0 Å². The van der Waals surface area contributed by atoms with Crippen LogP contribution in [0.1, 0.15) is 18.6 Å². The Labute approximate surface area is 70.8 Å². The minimum absolute atomic E-state index is 0.0874. The lowest BCUT2D eigenvalue weighted by atomic mass is 9.79.